The van der Waals surface area contributed by atoms with Crippen molar-refractivity contribution in [3.05, 3.63) is 119 Å². The highest BCUT2D eigenvalue weighted by atomic mass is 31.1. The molecule has 4 aromatic carbocycles. The van der Waals surface area contributed by atoms with Crippen LogP contribution in [0.15, 0.2) is 97.1 Å². The third kappa shape index (κ3) is 10.1. The van der Waals surface area contributed by atoms with E-state index < -0.39 is 15.8 Å². The zero-order valence-corrected chi connectivity index (χ0v) is 38.4. The van der Waals surface area contributed by atoms with Crippen LogP contribution >= 0.6 is 15.8 Å². The maximum atomic E-state index is 2.65. The Bertz CT molecular complexity index is 1470. The molecule has 2 heteroatoms. The first-order valence-corrected chi connectivity index (χ1v) is 23.4. The van der Waals surface area contributed by atoms with Gasteiger partial charge in [-0.25, -0.2) is 0 Å². The molecule has 4 aromatic rings. The largest absolute Gasteiger partial charge is 0.0654 e. The van der Waals surface area contributed by atoms with Gasteiger partial charge in [-0.15, -0.1) is 0 Å². The summed E-state index contributed by atoms with van der Waals surface area (Å²) >= 11 is 0. The van der Waals surface area contributed by atoms with E-state index in [1.807, 2.05) is 0 Å². The molecule has 0 aliphatic heterocycles. The first kappa shape index (κ1) is 43.5. The summed E-state index contributed by atoms with van der Waals surface area (Å²) in [4.78, 5) is 0. The van der Waals surface area contributed by atoms with Crippen molar-refractivity contribution in [2.75, 3.05) is 0 Å². The van der Waals surface area contributed by atoms with E-state index in [0.29, 0.717) is 11.3 Å². The van der Waals surface area contributed by atoms with Crippen LogP contribution in [-0.4, -0.2) is 11.3 Å². The van der Waals surface area contributed by atoms with E-state index >= 15 is 0 Å². The van der Waals surface area contributed by atoms with Crippen molar-refractivity contribution < 1.29 is 0 Å². The van der Waals surface area contributed by atoms with Crippen LogP contribution in [0.4, 0.5) is 0 Å². The molecule has 0 saturated carbocycles. The third-order valence-electron chi connectivity index (χ3n) is 11.9. The molecule has 4 rings (SSSR count). The Morgan fingerprint density at radius 3 is 0.698 bits per heavy atom. The molecule has 0 spiro atoms. The van der Waals surface area contributed by atoms with Crippen molar-refractivity contribution in [1.29, 1.82) is 0 Å². The van der Waals surface area contributed by atoms with Gasteiger partial charge in [-0.1, -0.05) is 221 Å². The van der Waals surface area contributed by atoms with Crippen molar-refractivity contribution in [1.82, 2.24) is 0 Å². The Morgan fingerprint density at radius 1 is 0.358 bits per heavy atom. The van der Waals surface area contributed by atoms with E-state index in [1.54, 1.807) is 0 Å². The average Bonchev–Trinajstić information content (AvgIpc) is 3.07. The van der Waals surface area contributed by atoms with Crippen LogP contribution in [0.1, 0.15) is 159 Å². The van der Waals surface area contributed by atoms with Gasteiger partial charge < -0.3 is 0 Å². The van der Waals surface area contributed by atoms with Gasteiger partial charge in [0.1, 0.15) is 0 Å². The smallest absolute Gasteiger partial charge is 0.00944 e. The molecule has 53 heavy (non-hydrogen) atoms. The highest BCUT2D eigenvalue weighted by Crippen LogP contribution is 2.60. The molecule has 0 saturated heterocycles. The van der Waals surface area contributed by atoms with Crippen LogP contribution in [0.25, 0.3) is 0 Å². The molecule has 0 N–H and O–H groups in total. The third-order valence-corrected chi connectivity index (χ3v) is 17.9. The topological polar surface area (TPSA) is 0 Å². The van der Waals surface area contributed by atoms with Gasteiger partial charge in [0, 0.05) is 0 Å². The minimum absolute atomic E-state index is 0.130. The highest BCUT2D eigenvalue weighted by molar-refractivity contribution is 7.74. The zero-order chi connectivity index (χ0) is 39.6. The van der Waals surface area contributed by atoms with Crippen molar-refractivity contribution in [2.45, 2.75) is 169 Å². The van der Waals surface area contributed by atoms with Gasteiger partial charge in [-0.2, -0.15) is 0 Å². The van der Waals surface area contributed by atoms with E-state index in [9.17, 15) is 0 Å². The van der Waals surface area contributed by atoms with Gasteiger partial charge in [0.05, 0.1) is 0 Å². The lowest BCUT2D eigenvalue weighted by Gasteiger charge is -2.50. The van der Waals surface area contributed by atoms with Crippen LogP contribution in [0.3, 0.4) is 0 Å². The van der Waals surface area contributed by atoms with E-state index in [-0.39, 0.29) is 27.1 Å². The predicted molar refractivity (Wildman–Crippen MR) is 244 cm³/mol. The fraction of sp³-hybridized carbons (Fsp3) is 0.529. The summed E-state index contributed by atoms with van der Waals surface area (Å²) in [7, 11) is -1.29. The van der Waals surface area contributed by atoms with E-state index in [0.717, 1.165) is 0 Å². The summed E-state index contributed by atoms with van der Waals surface area (Å²) in [5.74, 6) is 0. The Labute approximate surface area is 329 Å². The molecule has 2 atom stereocenters. The monoisotopic (exact) mass is 749 g/mol. The molecule has 0 aliphatic carbocycles. The first-order chi connectivity index (χ1) is 24.5. The quantitative estimate of drug-likeness (QED) is 0.127. The number of hydrogen-bond donors (Lipinski definition) is 0. The van der Waals surface area contributed by atoms with Gasteiger partial charge in [0.2, 0.25) is 0 Å². The Hall–Kier alpha value is -2.26. The molecule has 288 valence electrons. The van der Waals surface area contributed by atoms with E-state index in [1.165, 1.54) is 69.2 Å². The maximum absolute atomic E-state index is 2.65. The van der Waals surface area contributed by atoms with Gasteiger partial charge >= 0.3 is 0 Å². The van der Waals surface area contributed by atoms with Gasteiger partial charge in [-0.3, -0.25) is 0 Å². The molecule has 0 nitrogen and oxygen atoms in total. The molecule has 0 aromatic heterocycles. The minimum Gasteiger partial charge on any atom is -0.0654 e. The van der Waals surface area contributed by atoms with Crippen molar-refractivity contribution in [3.8, 4) is 0 Å². The molecule has 0 amide bonds. The predicted octanol–water partition coefficient (Wildman–Crippen LogP) is 13.8. The standard InChI is InChI=1S/C51H74P2/c1-17-35-51(36-18-2,37(3)52(43-27-19-39(20-28-43)47(5,6)7)44-29-21-40(22-30-44)48(8,9)10)38(4)53(45-31-23-41(24-32-45)49(11,12)13)46-33-25-42(26-34-46)50(14,15)16/h19-34,37-38H,17-18,35-36H2,1-16H3. The van der Waals surface area contributed by atoms with Crippen LogP contribution < -0.4 is 21.2 Å². The van der Waals surface area contributed by atoms with Crippen LogP contribution in [0, 0.1) is 5.41 Å². The second-order valence-corrected chi connectivity index (χ2v) is 25.1. The SMILES string of the molecule is CCCC(CCC)(C(C)P(c1ccc(C(C)(C)C)cc1)c1ccc(C(C)(C)C)cc1)C(C)P(c1ccc(C(C)(C)C)cc1)c1ccc(C(C)(C)C)cc1. The summed E-state index contributed by atoms with van der Waals surface area (Å²) in [6.07, 6.45) is 4.86. The van der Waals surface area contributed by atoms with E-state index in [2.05, 4.69) is 208 Å². The molecule has 0 heterocycles. The van der Waals surface area contributed by atoms with Crippen molar-refractivity contribution >= 4 is 37.1 Å². The summed E-state index contributed by atoms with van der Waals surface area (Å²) in [6, 6.07) is 39.3. The zero-order valence-electron chi connectivity index (χ0n) is 36.6. The molecule has 2 unspecified atom stereocenters. The van der Waals surface area contributed by atoms with Crippen molar-refractivity contribution in [3.63, 3.8) is 0 Å². The van der Waals surface area contributed by atoms with Gasteiger partial charge in [0.15, 0.2) is 0 Å². The number of benzene rings is 4. The number of hydrogen-bond acceptors (Lipinski definition) is 0. The molecule has 0 aliphatic rings. The lowest BCUT2D eigenvalue weighted by Crippen LogP contribution is -2.45. The van der Waals surface area contributed by atoms with Crippen LogP contribution in [-0.2, 0) is 21.7 Å². The van der Waals surface area contributed by atoms with Gasteiger partial charge in [0.25, 0.3) is 0 Å². The fourth-order valence-electron chi connectivity index (χ4n) is 8.44. The summed E-state index contributed by atoms with van der Waals surface area (Å²) in [6.45, 7) is 38.2. The molecule has 0 radical (unpaired) electrons. The Morgan fingerprint density at radius 2 is 0.547 bits per heavy atom. The summed E-state index contributed by atoms with van der Waals surface area (Å²) < 4.78 is 0. The number of rotatable bonds is 12. The minimum atomic E-state index is -0.645. The summed E-state index contributed by atoms with van der Waals surface area (Å²) in [5, 5.41) is 6.06. The van der Waals surface area contributed by atoms with E-state index in [4.69, 9.17) is 0 Å². The average molecular weight is 749 g/mol. The second kappa shape index (κ2) is 16.9. The lowest BCUT2D eigenvalue weighted by molar-refractivity contribution is 0.228. The highest BCUT2D eigenvalue weighted by Gasteiger charge is 2.47. The van der Waals surface area contributed by atoms with Crippen LogP contribution in [0.5, 0.6) is 0 Å². The maximum Gasteiger partial charge on any atom is -0.00944 e. The molecule has 0 bridgehead atoms. The van der Waals surface area contributed by atoms with Crippen LogP contribution in [0.2, 0.25) is 0 Å². The van der Waals surface area contributed by atoms with Gasteiger partial charge in [-0.05, 0) is 111 Å². The Kier molecular flexibility index (Phi) is 13.8. The fourth-order valence-corrected chi connectivity index (χ4v) is 14.8. The normalized spacial score (nSPS) is 14.5. The van der Waals surface area contributed by atoms with Crippen molar-refractivity contribution in [2.24, 2.45) is 5.41 Å². The molecular weight excluding hydrogens is 675 g/mol. The second-order valence-electron chi connectivity index (χ2n) is 20.0. The first-order valence-electron chi connectivity index (χ1n) is 20.5. The lowest BCUT2D eigenvalue weighted by atomic mass is 9.74. The molecule has 0 fully saturated rings. The Balaban J connectivity index is 1.97. The molecular formula is C51H74P2. The summed E-state index contributed by atoms with van der Waals surface area (Å²) in [5.41, 5.74) is 7.29.